The van der Waals surface area contributed by atoms with Crippen LogP contribution in [-0.2, 0) is 0 Å². The zero-order valence-electron chi connectivity index (χ0n) is 11.0. The predicted molar refractivity (Wildman–Crippen MR) is 94.4 cm³/mol. The zero-order chi connectivity index (χ0) is 15.7. The van der Waals surface area contributed by atoms with Crippen LogP contribution in [0.1, 0.15) is 9.67 Å². The van der Waals surface area contributed by atoms with Gasteiger partial charge in [-0.3, -0.25) is 15.6 Å². The number of halogens is 3. The highest BCUT2D eigenvalue weighted by Crippen LogP contribution is 2.35. The topological polar surface area (TPSA) is 41.1 Å². The van der Waals surface area contributed by atoms with Crippen molar-refractivity contribution in [2.75, 3.05) is 5.43 Å². The van der Waals surface area contributed by atoms with Gasteiger partial charge in [-0.2, -0.15) is 0 Å². The van der Waals surface area contributed by atoms with E-state index in [1.165, 1.54) is 11.3 Å². The van der Waals surface area contributed by atoms with Crippen LogP contribution in [-0.4, -0.2) is 5.91 Å². The molecule has 7 heteroatoms. The minimum Gasteiger partial charge on any atom is -0.298 e. The predicted octanol–water partition coefficient (Wildman–Crippen LogP) is 5.62. The first-order chi connectivity index (χ1) is 10.6. The fourth-order valence-corrected chi connectivity index (χ4v) is 3.63. The second kappa shape index (κ2) is 6.34. The fourth-order valence-electron chi connectivity index (χ4n) is 1.92. The third kappa shape index (κ3) is 3.01. The number of amides is 1. The summed E-state index contributed by atoms with van der Waals surface area (Å²) in [5, 5.41) is 2.18. The molecule has 0 unspecified atom stereocenters. The van der Waals surface area contributed by atoms with E-state index in [4.69, 9.17) is 34.8 Å². The van der Waals surface area contributed by atoms with Gasteiger partial charge in [0.2, 0.25) is 0 Å². The van der Waals surface area contributed by atoms with Gasteiger partial charge >= 0.3 is 0 Å². The number of hydrogen-bond acceptors (Lipinski definition) is 3. The van der Waals surface area contributed by atoms with E-state index >= 15 is 0 Å². The normalized spacial score (nSPS) is 10.7. The molecule has 22 heavy (non-hydrogen) atoms. The molecule has 0 saturated heterocycles. The van der Waals surface area contributed by atoms with Gasteiger partial charge in [-0.15, -0.1) is 11.3 Å². The van der Waals surface area contributed by atoms with Crippen LogP contribution in [0.3, 0.4) is 0 Å². The average molecular weight is 372 g/mol. The summed E-state index contributed by atoms with van der Waals surface area (Å²) in [6.45, 7) is 0. The van der Waals surface area contributed by atoms with Crippen molar-refractivity contribution in [2.24, 2.45) is 0 Å². The van der Waals surface area contributed by atoms with Gasteiger partial charge < -0.3 is 0 Å². The summed E-state index contributed by atoms with van der Waals surface area (Å²) in [5.41, 5.74) is 6.01. The Kier molecular flexibility index (Phi) is 4.45. The third-order valence-corrected chi connectivity index (χ3v) is 5.39. The first kappa shape index (κ1) is 15.4. The van der Waals surface area contributed by atoms with Crippen LogP contribution in [0.15, 0.2) is 42.5 Å². The molecule has 0 atom stereocenters. The van der Waals surface area contributed by atoms with Crippen molar-refractivity contribution in [3.05, 3.63) is 62.4 Å². The van der Waals surface area contributed by atoms with E-state index in [-0.39, 0.29) is 5.91 Å². The molecule has 112 valence electrons. The molecule has 0 bridgehead atoms. The monoisotopic (exact) mass is 370 g/mol. The lowest BCUT2D eigenvalue weighted by Crippen LogP contribution is -2.28. The van der Waals surface area contributed by atoms with Gasteiger partial charge in [-0.05, 0) is 24.3 Å². The summed E-state index contributed by atoms with van der Waals surface area (Å²) < 4.78 is 0.965. The molecule has 0 aliphatic rings. The van der Waals surface area contributed by atoms with Crippen molar-refractivity contribution in [2.45, 2.75) is 0 Å². The lowest BCUT2D eigenvalue weighted by molar-refractivity contribution is 0.0967. The summed E-state index contributed by atoms with van der Waals surface area (Å²) in [6.07, 6.45) is 0. The van der Waals surface area contributed by atoms with E-state index in [1.54, 1.807) is 18.2 Å². The van der Waals surface area contributed by atoms with Crippen molar-refractivity contribution in [1.82, 2.24) is 5.43 Å². The van der Waals surface area contributed by atoms with Gasteiger partial charge in [0.1, 0.15) is 4.88 Å². The van der Waals surface area contributed by atoms with Gasteiger partial charge in [0.25, 0.3) is 5.91 Å². The van der Waals surface area contributed by atoms with E-state index in [1.807, 2.05) is 24.3 Å². The van der Waals surface area contributed by atoms with E-state index in [0.29, 0.717) is 25.6 Å². The van der Waals surface area contributed by atoms with Crippen LogP contribution in [0.2, 0.25) is 15.1 Å². The molecule has 3 nitrogen and oxygen atoms in total. The van der Waals surface area contributed by atoms with Crippen LogP contribution in [0, 0.1) is 0 Å². The quantitative estimate of drug-likeness (QED) is 0.587. The number of thiophene rings is 1. The molecule has 3 aromatic rings. The van der Waals surface area contributed by atoms with Crippen LogP contribution < -0.4 is 10.9 Å². The number of hydrogen-bond donors (Lipinski definition) is 2. The number of nitrogens with one attached hydrogen (secondary N) is 2. The van der Waals surface area contributed by atoms with E-state index in [0.717, 1.165) is 10.1 Å². The van der Waals surface area contributed by atoms with Crippen LogP contribution in [0.4, 0.5) is 5.69 Å². The Balaban J connectivity index is 1.78. The molecule has 0 aliphatic carbocycles. The fraction of sp³-hybridized carbons (Fsp3) is 0. The van der Waals surface area contributed by atoms with Crippen molar-refractivity contribution < 1.29 is 4.79 Å². The average Bonchev–Trinajstić information content (AvgIpc) is 2.86. The maximum atomic E-state index is 12.3. The Morgan fingerprint density at radius 2 is 1.77 bits per heavy atom. The second-order valence-electron chi connectivity index (χ2n) is 4.45. The number of hydrazine groups is 1. The summed E-state index contributed by atoms with van der Waals surface area (Å²) in [4.78, 5) is 12.7. The lowest BCUT2D eigenvalue weighted by atomic mass is 10.2. The van der Waals surface area contributed by atoms with Crippen molar-refractivity contribution in [3.8, 4) is 0 Å². The molecule has 1 aromatic heterocycles. The number of carbonyl (C=O) groups excluding carboxylic acids is 1. The number of anilines is 1. The smallest absolute Gasteiger partial charge is 0.281 e. The van der Waals surface area contributed by atoms with Gasteiger partial charge in [0.15, 0.2) is 0 Å². The molecule has 3 rings (SSSR count). The van der Waals surface area contributed by atoms with Crippen molar-refractivity contribution in [3.63, 3.8) is 0 Å². The Hall–Kier alpha value is -1.46. The summed E-state index contributed by atoms with van der Waals surface area (Å²) >= 11 is 19.4. The van der Waals surface area contributed by atoms with Crippen LogP contribution in [0.5, 0.6) is 0 Å². The first-order valence-corrected chi connectivity index (χ1v) is 8.20. The Morgan fingerprint density at radius 3 is 2.50 bits per heavy atom. The first-order valence-electron chi connectivity index (χ1n) is 6.24. The number of benzene rings is 2. The van der Waals surface area contributed by atoms with E-state index in [2.05, 4.69) is 10.9 Å². The standard InChI is InChI=1S/C15H9Cl3N2OS/c16-10-6-5-8(7-11(10)17)19-20-15(21)14-13(18)9-3-1-2-4-12(9)22-14/h1-7,19H,(H,20,21). The molecule has 0 saturated carbocycles. The maximum Gasteiger partial charge on any atom is 0.281 e. The van der Waals surface area contributed by atoms with Gasteiger partial charge in [-0.25, -0.2) is 0 Å². The number of fused-ring (bicyclic) bond motifs is 1. The maximum absolute atomic E-state index is 12.3. The van der Waals surface area contributed by atoms with E-state index in [9.17, 15) is 4.79 Å². The highest BCUT2D eigenvalue weighted by atomic mass is 35.5. The highest BCUT2D eigenvalue weighted by Gasteiger charge is 2.16. The summed E-state index contributed by atoms with van der Waals surface area (Å²) in [5.74, 6) is -0.308. The van der Waals surface area contributed by atoms with Gasteiger partial charge in [-0.1, -0.05) is 53.0 Å². The lowest BCUT2D eigenvalue weighted by Gasteiger charge is -2.08. The Labute approximate surface area is 145 Å². The Morgan fingerprint density at radius 1 is 1.00 bits per heavy atom. The highest BCUT2D eigenvalue weighted by molar-refractivity contribution is 7.21. The molecule has 0 spiro atoms. The molecule has 2 aromatic carbocycles. The number of rotatable bonds is 3. The molecule has 0 fully saturated rings. The molecule has 2 N–H and O–H groups in total. The Bertz CT molecular complexity index is 863. The van der Waals surface area contributed by atoms with Crippen LogP contribution in [0.25, 0.3) is 10.1 Å². The van der Waals surface area contributed by atoms with Gasteiger partial charge in [0, 0.05) is 10.1 Å². The largest absolute Gasteiger partial charge is 0.298 e. The molecule has 0 aliphatic heterocycles. The zero-order valence-corrected chi connectivity index (χ0v) is 14.1. The number of carbonyl (C=O) groups is 1. The third-order valence-electron chi connectivity index (χ3n) is 2.98. The molecule has 1 amide bonds. The van der Waals surface area contributed by atoms with Gasteiger partial charge in [0.05, 0.1) is 20.8 Å². The molecular formula is C15H9Cl3N2OS. The van der Waals surface area contributed by atoms with Crippen molar-refractivity contribution in [1.29, 1.82) is 0 Å². The van der Waals surface area contributed by atoms with E-state index < -0.39 is 0 Å². The minimum absolute atomic E-state index is 0.308. The molecule has 0 radical (unpaired) electrons. The molecular weight excluding hydrogens is 363 g/mol. The summed E-state index contributed by atoms with van der Waals surface area (Å²) in [7, 11) is 0. The van der Waals surface area contributed by atoms with Crippen LogP contribution >= 0.6 is 46.1 Å². The van der Waals surface area contributed by atoms with Crippen molar-refractivity contribution >= 4 is 67.8 Å². The second-order valence-corrected chi connectivity index (χ2v) is 6.69. The minimum atomic E-state index is -0.308. The summed E-state index contributed by atoms with van der Waals surface area (Å²) in [6, 6.07) is 12.6. The SMILES string of the molecule is O=C(NNc1ccc(Cl)c(Cl)c1)c1sc2ccccc2c1Cl. The molecule has 1 heterocycles.